The first-order valence-electron chi connectivity index (χ1n) is 3.36. The second-order valence-electron chi connectivity index (χ2n) is 1.30. The van der Waals surface area contributed by atoms with Crippen LogP contribution in [0.3, 0.4) is 0 Å². The molecule has 96 valence electrons. The van der Waals surface area contributed by atoms with E-state index >= 15 is 0 Å². The van der Waals surface area contributed by atoms with Gasteiger partial charge in [0.1, 0.15) is 0 Å². The largest absolute Gasteiger partial charge is 2.00 e. The van der Waals surface area contributed by atoms with Crippen LogP contribution in [0.2, 0.25) is 0 Å². The van der Waals surface area contributed by atoms with Crippen LogP contribution in [0.1, 0.15) is 0 Å². The quantitative estimate of drug-likeness (QED) is 0.261. The van der Waals surface area contributed by atoms with Crippen molar-refractivity contribution in [2.45, 2.75) is 0 Å². The Morgan fingerprint density at radius 2 is 0.800 bits per heavy atom. The normalized spacial score (nSPS) is 5.60. The standard InChI is InChI=1S/2C2H8N2.2HNO2.Pd/c2*3-1-2-4;2*2-1-3;/h2*1-4H2;2*(H,2,3);/q;;;;+2/p-2. The molecule has 0 aliphatic carbocycles. The molecular formula is C4H16N6O4Pd. The Labute approximate surface area is 101 Å². The molecule has 10 nitrogen and oxygen atoms in total. The van der Waals surface area contributed by atoms with Crippen molar-refractivity contribution in [3.05, 3.63) is 20.2 Å². The summed E-state index contributed by atoms with van der Waals surface area (Å²) in [6.07, 6.45) is 0. The average molecular weight is 319 g/mol. The van der Waals surface area contributed by atoms with E-state index in [1.165, 1.54) is 0 Å². The van der Waals surface area contributed by atoms with Crippen molar-refractivity contribution in [1.29, 1.82) is 0 Å². The molecule has 0 bridgehead atoms. The molecule has 11 heteroatoms. The number of rotatable bonds is 2. The fraction of sp³-hybridized carbons (Fsp3) is 1.00. The van der Waals surface area contributed by atoms with E-state index in [-0.39, 0.29) is 20.4 Å². The van der Waals surface area contributed by atoms with Gasteiger partial charge in [0.25, 0.3) is 0 Å². The first kappa shape index (κ1) is 29.2. The fourth-order valence-corrected chi connectivity index (χ4v) is 0. The molecule has 0 saturated carbocycles. The molecule has 8 N–H and O–H groups in total. The maximum absolute atomic E-state index is 8.00. The summed E-state index contributed by atoms with van der Waals surface area (Å²) in [6.45, 7) is 2.39. The van der Waals surface area contributed by atoms with Crippen LogP contribution in [0.15, 0.2) is 10.7 Å². The van der Waals surface area contributed by atoms with Crippen LogP contribution < -0.4 is 22.9 Å². The third kappa shape index (κ3) is 1000. The summed E-state index contributed by atoms with van der Waals surface area (Å²) in [5.41, 5.74) is 19.6. The summed E-state index contributed by atoms with van der Waals surface area (Å²) < 4.78 is 0. The van der Waals surface area contributed by atoms with Gasteiger partial charge in [-0.3, -0.25) is 0 Å². The second-order valence-corrected chi connectivity index (χ2v) is 1.30. The molecule has 0 spiro atoms. The van der Waals surface area contributed by atoms with Gasteiger partial charge in [-0.15, -0.1) is 10.7 Å². The Bertz CT molecular complexity index is 75.5. The maximum Gasteiger partial charge on any atom is 2.00 e. The van der Waals surface area contributed by atoms with Crippen molar-refractivity contribution >= 4 is 0 Å². The van der Waals surface area contributed by atoms with Crippen LogP contribution >= 0.6 is 0 Å². The number of nitrogens with two attached hydrogens (primary N) is 4. The predicted octanol–water partition coefficient (Wildman–Crippen LogP) is -1.69. The first-order valence-corrected chi connectivity index (χ1v) is 3.36. The summed E-state index contributed by atoms with van der Waals surface area (Å²) in [5, 5.41) is 18.0. The monoisotopic (exact) mass is 318 g/mol. The van der Waals surface area contributed by atoms with Crippen molar-refractivity contribution in [3.63, 3.8) is 0 Å². The minimum Gasteiger partial charge on any atom is -0.444 e. The Morgan fingerprint density at radius 3 is 0.800 bits per heavy atom. The molecule has 0 aliphatic heterocycles. The zero-order valence-corrected chi connectivity index (χ0v) is 9.54. The molecule has 0 aliphatic rings. The Hall–Kier alpha value is -0.698. The fourth-order valence-electron chi connectivity index (χ4n) is 0. The zero-order valence-electron chi connectivity index (χ0n) is 7.98. The van der Waals surface area contributed by atoms with Crippen LogP contribution in [0.5, 0.6) is 0 Å². The van der Waals surface area contributed by atoms with Gasteiger partial charge in [0.2, 0.25) is 0 Å². The molecule has 0 rings (SSSR count). The smallest absolute Gasteiger partial charge is 0.444 e. The second kappa shape index (κ2) is 71.6. The van der Waals surface area contributed by atoms with Crippen LogP contribution in [-0.4, -0.2) is 26.2 Å². The van der Waals surface area contributed by atoms with Crippen LogP contribution in [-0.2, 0) is 20.4 Å². The topological polar surface area (TPSA) is 209 Å². The molecule has 0 atom stereocenters. The number of hydrogen-bond acceptors (Lipinski definition) is 10. The first-order chi connectivity index (χ1) is 6.66. The van der Waals surface area contributed by atoms with Gasteiger partial charge >= 0.3 is 20.4 Å². The van der Waals surface area contributed by atoms with E-state index in [1.807, 2.05) is 0 Å². The number of nitrogens with zero attached hydrogens (tertiary/aromatic N) is 2. The van der Waals surface area contributed by atoms with Crippen molar-refractivity contribution in [2.24, 2.45) is 33.6 Å². The molecule has 0 saturated heterocycles. The van der Waals surface area contributed by atoms with Crippen molar-refractivity contribution in [1.82, 2.24) is 0 Å². The van der Waals surface area contributed by atoms with E-state index in [9.17, 15) is 0 Å². The van der Waals surface area contributed by atoms with Crippen molar-refractivity contribution in [3.8, 4) is 0 Å². The van der Waals surface area contributed by atoms with Crippen LogP contribution in [0.4, 0.5) is 0 Å². The summed E-state index contributed by atoms with van der Waals surface area (Å²) in [4.78, 5) is 16.0. The van der Waals surface area contributed by atoms with Crippen LogP contribution in [0.25, 0.3) is 0 Å². The Kier molecular flexibility index (Phi) is 140. The van der Waals surface area contributed by atoms with Crippen molar-refractivity contribution < 1.29 is 20.4 Å². The molecule has 15 heavy (non-hydrogen) atoms. The Balaban J connectivity index is -0.0000000293. The van der Waals surface area contributed by atoms with Gasteiger partial charge in [0.15, 0.2) is 0 Å². The molecular weight excluding hydrogens is 303 g/mol. The SMILES string of the molecule is NCCN.NCCN.O=N[O-].O=N[O-].[Pd+2]. The third-order valence-corrected chi connectivity index (χ3v) is 0.333. The van der Waals surface area contributed by atoms with Gasteiger partial charge in [-0.2, -0.15) is 0 Å². The molecule has 0 radical (unpaired) electrons. The summed E-state index contributed by atoms with van der Waals surface area (Å²) >= 11 is 0. The van der Waals surface area contributed by atoms with Gasteiger partial charge < -0.3 is 43.2 Å². The van der Waals surface area contributed by atoms with E-state index in [0.29, 0.717) is 26.2 Å². The van der Waals surface area contributed by atoms with E-state index in [4.69, 9.17) is 43.2 Å². The maximum atomic E-state index is 8.00. The number of hydrogen-bond donors (Lipinski definition) is 4. The van der Waals surface area contributed by atoms with Crippen molar-refractivity contribution in [2.75, 3.05) is 26.2 Å². The van der Waals surface area contributed by atoms with Gasteiger partial charge in [-0.05, 0) is 0 Å². The average Bonchev–Trinajstić information content (AvgIpc) is 2.20. The zero-order chi connectivity index (χ0) is 12.2. The van der Waals surface area contributed by atoms with Gasteiger partial charge in [0, 0.05) is 26.2 Å². The molecule has 0 heterocycles. The summed E-state index contributed by atoms with van der Waals surface area (Å²) in [7, 11) is 0. The summed E-state index contributed by atoms with van der Waals surface area (Å²) in [5.74, 6) is 0. The van der Waals surface area contributed by atoms with Gasteiger partial charge in [-0.1, -0.05) is 0 Å². The molecule has 0 aromatic carbocycles. The van der Waals surface area contributed by atoms with E-state index in [2.05, 4.69) is 0 Å². The Morgan fingerprint density at radius 1 is 0.733 bits per heavy atom. The molecule has 0 fully saturated rings. The molecule has 0 unspecified atom stereocenters. The summed E-state index contributed by atoms with van der Waals surface area (Å²) in [6, 6.07) is 0. The van der Waals surface area contributed by atoms with Gasteiger partial charge in [-0.25, -0.2) is 0 Å². The van der Waals surface area contributed by atoms with E-state index in [0.717, 1.165) is 10.7 Å². The minimum atomic E-state index is 0. The van der Waals surface area contributed by atoms with E-state index < -0.39 is 0 Å². The van der Waals surface area contributed by atoms with E-state index in [1.54, 1.807) is 0 Å². The predicted molar refractivity (Wildman–Crippen MR) is 54.5 cm³/mol. The van der Waals surface area contributed by atoms with Crippen LogP contribution in [0, 0.1) is 20.2 Å². The molecule has 0 amide bonds. The third-order valence-electron chi connectivity index (χ3n) is 0.333. The van der Waals surface area contributed by atoms with Gasteiger partial charge in [0.05, 0.1) is 0 Å². The minimum absolute atomic E-state index is 0. The molecule has 0 aromatic heterocycles. The molecule has 0 aromatic rings.